The molecule has 98 valence electrons. The van der Waals surface area contributed by atoms with Crippen LogP contribution in [0.1, 0.15) is 5.56 Å². The molecule has 7 heteroatoms. The van der Waals surface area contributed by atoms with Crippen molar-refractivity contribution in [2.75, 3.05) is 5.43 Å². The van der Waals surface area contributed by atoms with Crippen molar-refractivity contribution in [3.63, 3.8) is 0 Å². The van der Waals surface area contributed by atoms with Crippen LogP contribution in [-0.4, -0.2) is 11.2 Å². The lowest BCUT2D eigenvalue weighted by Gasteiger charge is -2.02. The number of nitrogens with one attached hydrogen (secondary N) is 1. The molecule has 0 saturated heterocycles. The van der Waals surface area contributed by atoms with Gasteiger partial charge in [-0.05, 0) is 34.1 Å². The number of hydrogen-bond acceptors (Lipinski definition) is 3. The predicted octanol–water partition coefficient (Wildman–Crippen LogP) is 3.71. The van der Waals surface area contributed by atoms with E-state index in [9.17, 15) is 13.2 Å². The smallest absolute Gasteiger partial charge is 0.222 e. The van der Waals surface area contributed by atoms with Crippen molar-refractivity contribution >= 4 is 27.8 Å². The van der Waals surface area contributed by atoms with Crippen LogP contribution in [0, 0.1) is 17.6 Å². The molecule has 2 rings (SSSR count). The van der Waals surface area contributed by atoms with Crippen molar-refractivity contribution in [2.45, 2.75) is 0 Å². The average Bonchev–Trinajstić information content (AvgIpc) is 2.35. The molecule has 0 amide bonds. The van der Waals surface area contributed by atoms with Crippen LogP contribution in [0.15, 0.2) is 40.0 Å². The average molecular weight is 330 g/mol. The topological polar surface area (TPSA) is 37.3 Å². The van der Waals surface area contributed by atoms with Gasteiger partial charge in [0, 0.05) is 16.7 Å². The van der Waals surface area contributed by atoms with Gasteiger partial charge in [0.1, 0.15) is 5.82 Å². The van der Waals surface area contributed by atoms with Crippen LogP contribution in [0.4, 0.5) is 18.9 Å². The Bertz CT molecular complexity index is 611. The lowest BCUT2D eigenvalue weighted by Crippen LogP contribution is -1.98. The minimum Gasteiger partial charge on any atom is -0.276 e. The highest BCUT2D eigenvalue weighted by molar-refractivity contribution is 9.10. The summed E-state index contributed by atoms with van der Waals surface area (Å²) in [5.41, 5.74) is 2.46. The first kappa shape index (κ1) is 13.5. The van der Waals surface area contributed by atoms with Crippen molar-refractivity contribution in [1.29, 1.82) is 0 Å². The summed E-state index contributed by atoms with van der Waals surface area (Å²) in [6.07, 6.45) is 2.44. The molecule has 0 aliphatic carbocycles. The number of aromatic nitrogens is 1. The number of hydrogen-bond donors (Lipinski definition) is 1. The van der Waals surface area contributed by atoms with E-state index in [0.29, 0.717) is 4.47 Å². The van der Waals surface area contributed by atoms with Crippen LogP contribution >= 0.6 is 15.9 Å². The van der Waals surface area contributed by atoms with Gasteiger partial charge < -0.3 is 0 Å². The Morgan fingerprint density at radius 2 is 2.00 bits per heavy atom. The third-order valence-electron chi connectivity index (χ3n) is 2.20. The maximum atomic E-state index is 13.3. The highest BCUT2D eigenvalue weighted by Crippen LogP contribution is 2.17. The van der Waals surface area contributed by atoms with Crippen LogP contribution in [-0.2, 0) is 0 Å². The van der Waals surface area contributed by atoms with E-state index >= 15 is 0 Å². The Morgan fingerprint density at radius 1 is 1.21 bits per heavy atom. The predicted molar refractivity (Wildman–Crippen MR) is 69.5 cm³/mol. The number of pyridine rings is 1. The largest absolute Gasteiger partial charge is 0.276 e. The minimum absolute atomic E-state index is 0.0157. The first-order chi connectivity index (χ1) is 9.08. The number of nitrogens with zero attached hydrogens (tertiary/aromatic N) is 2. The maximum Gasteiger partial charge on any atom is 0.222 e. The zero-order valence-corrected chi connectivity index (χ0v) is 11.0. The lowest BCUT2D eigenvalue weighted by atomic mass is 10.3. The molecule has 2 aromatic rings. The second-order valence-corrected chi connectivity index (χ2v) is 4.35. The molecule has 0 unspecified atom stereocenters. The molecule has 0 aliphatic heterocycles. The summed E-state index contributed by atoms with van der Waals surface area (Å²) >= 11 is 3.13. The standard InChI is InChI=1S/C12H7BrF3N3/c13-9-3-4-17-12(16)8(9)6-18-19-11-2-1-7(14)5-10(11)15/h1-6,19H. The fraction of sp³-hybridized carbons (Fsp3) is 0. The van der Waals surface area contributed by atoms with Gasteiger partial charge in [0.05, 0.1) is 17.5 Å². The van der Waals surface area contributed by atoms with E-state index in [1.165, 1.54) is 12.3 Å². The fourth-order valence-corrected chi connectivity index (χ4v) is 1.67. The molecule has 0 bridgehead atoms. The molecule has 1 aromatic carbocycles. The molecule has 0 saturated carbocycles. The number of anilines is 1. The zero-order valence-electron chi connectivity index (χ0n) is 9.37. The maximum absolute atomic E-state index is 13.3. The molecule has 1 N–H and O–H groups in total. The Balaban J connectivity index is 2.16. The van der Waals surface area contributed by atoms with Gasteiger partial charge in [-0.25, -0.2) is 13.8 Å². The van der Waals surface area contributed by atoms with E-state index in [4.69, 9.17) is 0 Å². The van der Waals surface area contributed by atoms with E-state index in [1.54, 1.807) is 6.07 Å². The summed E-state index contributed by atoms with van der Waals surface area (Å²) < 4.78 is 39.7. The van der Waals surface area contributed by atoms with Crippen LogP contribution in [0.3, 0.4) is 0 Å². The van der Waals surface area contributed by atoms with Gasteiger partial charge in [-0.2, -0.15) is 9.49 Å². The molecule has 0 aliphatic rings. The molecule has 0 spiro atoms. The van der Waals surface area contributed by atoms with Gasteiger partial charge in [0.15, 0.2) is 5.82 Å². The second kappa shape index (κ2) is 5.83. The molecule has 1 heterocycles. The summed E-state index contributed by atoms with van der Waals surface area (Å²) in [7, 11) is 0. The lowest BCUT2D eigenvalue weighted by molar-refractivity contribution is 0.581. The minimum atomic E-state index is -0.789. The van der Waals surface area contributed by atoms with Crippen LogP contribution < -0.4 is 5.43 Å². The molecular weight excluding hydrogens is 323 g/mol. The van der Waals surface area contributed by atoms with Crippen LogP contribution in [0.2, 0.25) is 0 Å². The van der Waals surface area contributed by atoms with Crippen LogP contribution in [0.5, 0.6) is 0 Å². The Morgan fingerprint density at radius 3 is 2.68 bits per heavy atom. The summed E-state index contributed by atoms with van der Waals surface area (Å²) in [6.45, 7) is 0. The van der Waals surface area contributed by atoms with E-state index in [0.717, 1.165) is 18.3 Å². The highest BCUT2D eigenvalue weighted by atomic mass is 79.9. The highest BCUT2D eigenvalue weighted by Gasteiger charge is 2.05. The van der Waals surface area contributed by atoms with Crippen molar-refractivity contribution in [3.8, 4) is 0 Å². The first-order valence-electron chi connectivity index (χ1n) is 5.12. The molecule has 19 heavy (non-hydrogen) atoms. The summed E-state index contributed by atoms with van der Waals surface area (Å²) in [5, 5.41) is 3.68. The monoisotopic (exact) mass is 329 g/mol. The summed E-state index contributed by atoms with van der Waals surface area (Å²) in [5.74, 6) is -2.18. The summed E-state index contributed by atoms with van der Waals surface area (Å²) in [4.78, 5) is 3.46. The van der Waals surface area contributed by atoms with Crippen LogP contribution in [0.25, 0.3) is 0 Å². The fourth-order valence-electron chi connectivity index (χ4n) is 1.29. The van der Waals surface area contributed by atoms with Crippen molar-refractivity contribution in [3.05, 3.63) is 58.1 Å². The van der Waals surface area contributed by atoms with Gasteiger partial charge in [0.2, 0.25) is 5.95 Å². The van der Waals surface area contributed by atoms with Gasteiger partial charge >= 0.3 is 0 Å². The van der Waals surface area contributed by atoms with E-state index < -0.39 is 17.6 Å². The molecular formula is C12H7BrF3N3. The van der Waals surface area contributed by atoms with Gasteiger partial charge in [-0.15, -0.1) is 0 Å². The summed E-state index contributed by atoms with van der Waals surface area (Å²) in [6, 6.07) is 4.54. The molecule has 0 fully saturated rings. The number of rotatable bonds is 3. The number of hydrazone groups is 1. The third-order valence-corrected chi connectivity index (χ3v) is 2.89. The van der Waals surface area contributed by atoms with Crippen molar-refractivity contribution in [2.24, 2.45) is 5.10 Å². The van der Waals surface area contributed by atoms with E-state index in [-0.39, 0.29) is 11.3 Å². The van der Waals surface area contributed by atoms with Gasteiger partial charge in [-0.3, -0.25) is 5.43 Å². The van der Waals surface area contributed by atoms with E-state index in [1.807, 2.05) is 0 Å². The Kier molecular flexibility index (Phi) is 4.16. The third kappa shape index (κ3) is 3.31. The van der Waals surface area contributed by atoms with E-state index in [2.05, 4.69) is 31.4 Å². The second-order valence-electron chi connectivity index (χ2n) is 3.49. The molecule has 1 aromatic heterocycles. The molecule has 3 nitrogen and oxygen atoms in total. The Labute approximate surface area is 115 Å². The Hall–Kier alpha value is -1.89. The normalized spacial score (nSPS) is 10.9. The zero-order chi connectivity index (χ0) is 13.8. The van der Waals surface area contributed by atoms with Gasteiger partial charge in [-0.1, -0.05) is 0 Å². The quantitative estimate of drug-likeness (QED) is 0.529. The van der Waals surface area contributed by atoms with Gasteiger partial charge in [0.25, 0.3) is 0 Å². The SMILES string of the molecule is Fc1ccc(NN=Cc2c(Br)ccnc2F)c(F)c1. The molecule has 0 radical (unpaired) electrons. The number of benzene rings is 1. The first-order valence-corrected chi connectivity index (χ1v) is 5.91. The molecule has 0 atom stereocenters. The van der Waals surface area contributed by atoms with Crippen molar-refractivity contribution < 1.29 is 13.2 Å². The van der Waals surface area contributed by atoms with Crippen molar-refractivity contribution in [1.82, 2.24) is 4.98 Å². The number of halogens is 4.